The Morgan fingerprint density at radius 1 is 1.00 bits per heavy atom. The second-order valence-electron chi connectivity index (χ2n) is 9.30. The van der Waals surface area contributed by atoms with Crippen molar-refractivity contribution < 1.29 is 17.2 Å². The van der Waals surface area contributed by atoms with Gasteiger partial charge in [-0.05, 0) is 53.9 Å². The van der Waals surface area contributed by atoms with Gasteiger partial charge in [-0.15, -0.1) is 0 Å². The fraction of sp³-hybridized carbons (Fsp3) is 0.111. The number of fused-ring (bicyclic) bond motifs is 2. The van der Waals surface area contributed by atoms with Crippen LogP contribution in [0.15, 0.2) is 61.1 Å². The fourth-order valence-corrected chi connectivity index (χ4v) is 5.20. The molecule has 0 unspecified atom stereocenters. The second-order valence-corrected chi connectivity index (χ2v) is 11.6. The van der Waals surface area contributed by atoms with E-state index in [1.165, 1.54) is 30.7 Å². The van der Waals surface area contributed by atoms with Crippen molar-refractivity contribution in [1.82, 2.24) is 30.1 Å². The van der Waals surface area contributed by atoms with Crippen LogP contribution >= 0.6 is 0 Å². The number of nitrogens with one attached hydrogen (secondary N) is 2. The first-order valence-corrected chi connectivity index (χ1v) is 13.9. The lowest BCUT2D eigenvalue weighted by atomic mass is 10.0. The molecule has 6 rings (SSSR count). The van der Waals surface area contributed by atoms with Crippen LogP contribution in [0.1, 0.15) is 5.56 Å². The van der Waals surface area contributed by atoms with Gasteiger partial charge >= 0.3 is 0 Å². The van der Waals surface area contributed by atoms with Crippen molar-refractivity contribution in [3.05, 3.63) is 78.3 Å². The van der Waals surface area contributed by atoms with Gasteiger partial charge in [0.1, 0.15) is 27.2 Å². The third-order valence-corrected chi connectivity index (χ3v) is 7.33. The number of H-pyrrole nitrogens is 2. The van der Waals surface area contributed by atoms with Gasteiger partial charge in [-0.1, -0.05) is 6.07 Å². The number of anilines is 1. The number of rotatable bonds is 6. The number of aromatic nitrogens is 6. The summed E-state index contributed by atoms with van der Waals surface area (Å²) in [5.74, 6) is -0.837. The number of imidazole rings is 1. The number of nitrogen functional groups attached to an aromatic ring is 1. The molecule has 2 aromatic carbocycles. The number of hydrogen-bond donors (Lipinski definition) is 3. The van der Waals surface area contributed by atoms with E-state index in [1.807, 2.05) is 0 Å². The number of aromatic amines is 2. The maximum Gasteiger partial charge on any atom is 0.178 e. The Balaban J connectivity index is 1.46. The molecule has 4 aromatic heterocycles. The van der Waals surface area contributed by atoms with Gasteiger partial charge in [-0.3, -0.25) is 10.1 Å². The largest absolute Gasteiger partial charge is 0.397 e. The fourth-order valence-electron chi connectivity index (χ4n) is 4.59. The standard InChI is InChI=1S/C27H21F2N7O2S/c1-39(37,38)7-5-14-8-15(10-17(28)9-14)20-4-6-32-26-24(20)33-27(34-26)25-22-21(35-36-25)3-2-19(23(22)29)16-11-18(30)13-31-12-16/h2-4,6,8-13H,5,7,30H2,1H3,(H,35,36)(H,32,33,34). The van der Waals surface area contributed by atoms with Crippen LogP contribution in [-0.2, 0) is 16.3 Å². The van der Waals surface area contributed by atoms with Crippen molar-refractivity contribution in [2.75, 3.05) is 17.7 Å². The van der Waals surface area contributed by atoms with Crippen molar-refractivity contribution >= 4 is 37.6 Å². The van der Waals surface area contributed by atoms with Crippen LogP contribution in [-0.4, -0.2) is 50.6 Å². The highest BCUT2D eigenvalue weighted by atomic mass is 32.2. The van der Waals surface area contributed by atoms with Crippen molar-refractivity contribution in [3.63, 3.8) is 0 Å². The van der Waals surface area contributed by atoms with Gasteiger partial charge in [0.05, 0.1) is 27.9 Å². The number of sulfone groups is 1. The maximum atomic E-state index is 15.8. The van der Waals surface area contributed by atoms with E-state index in [9.17, 15) is 12.8 Å². The first-order chi connectivity index (χ1) is 18.7. The second kappa shape index (κ2) is 9.24. The van der Waals surface area contributed by atoms with E-state index in [4.69, 9.17) is 5.73 Å². The Kier molecular flexibility index (Phi) is 5.83. The number of pyridine rings is 2. The molecule has 196 valence electrons. The van der Waals surface area contributed by atoms with E-state index in [0.717, 1.165) is 6.26 Å². The molecule has 0 aliphatic carbocycles. The van der Waals surface area contributed by atoms with E-state index >= 15 is 4.39 Å². The van der Waals surface area contributed by atoms with Crippen LogP contribution in [0.5, 0.6) is 0 Å². The summed E-state index contributed by atoms with van der Waals surface area (Å²) >= 11 is 0. The first kappa shape index (κ1) is 24.6. The van der Waals surface area contributed by atoms with Crippen LogP contribution in [0, 0.1) is 11.6 Å². The van der Waals surface area contributed by atoms with Crippen LogP contribution in [0.2, 0.25) is 0 Å². The van der Waals surface area contributed by atoms with Gasteiger partial charge in [-0.2, -0.15) is 5.10 Å². The quantitative estimate of drug-likeness (QED) is 0.276. The molecule has 0 spiro atoms. The molecule has 0 saturated carbocycles. The minimum absolute atomic E-state index is 0.0960. The predicted molar refractivity (Wildman–Crippen MR) is 145 cm³/mol. The van der Waals surface area contributed by atoms with Gasteiger partial charge in [0.25, 0.3) is 0 Å². The smallest absolute Gasteiger partial charge is 0.178 e. The lowest BCUT2D eigenvalue weighted by Crippen LogP contribution is -2.06. The van der Waals surface area contributed by atoms with Crippen LogP contribution in [0.4, 0.5) is 14.5 Å². The zero-order valence-electron chi connectivity index (χ0n) is 20.5. The summed E-state index contributed by atoms with van der Waals surface area (Å²) in [6.45, 7) is 0. The van der Waals surface area contributed by atoms with Gasteiger partial charge in [-0.25, -0.2) is 27.2 Å². The summed E-state index contributed by atoms with van der Waals surface area (Å²) in [6, 6.07) is 11.1. The van der Waals surface area contributed by atoms with Crippen molar-refractivity contribution in [2.24, 2.45) is 0 Å². The topological polar surface area (TPSA) is 143 Å². The Morgan fingerprint density at radius 2 is 1.85 bits per heavy atom. The molecular weight excluding hydrogens is 524 g/mol. The molecule has 9 nitrogen and oxygen atoms in total. The summed E-state index contributed by atoms with van der Waals surface area (Å²) in [5, 5.41) is 7.37. The number of aryl methyl sites for hydroxylation is 1. The molecule has 0 bridgehead atoms. The molecular formula is C27H21F2N7O2S. The van der Waals surface area contributed by atoms with E-state index in [-0.39, 0.29) is 29.1 Å². The Hall–Kier alpha value is -4.71. The molecule has 0 aliphatic heterocycles. The van der Waals surface area contributed by atoms with Crippen LogP contribution in [0.25, 0.3) is 55.8 Å². The Labute approximate surface area is 221 Å². The van der Waals surface area contributed by atoms with Crippen LogP contribution < -0.4 is 5.73 Å². The van der Waals surface area contributed by atoms with Gasteiger partial charge in [0.2, 0.25) is 0 Å². The van der Waals surface area contributed by atoms with Crippen molar-refractivity contribution in [2.45, 2.75) is 6.42 Å². The lowest BCUT2D eigenvalue weighted by molar-refractivity contribution is 0.600. The zero-order chi connectivity index (χ0) is 27.3. The summed E-state index contributed by atoms with van der Waals surface area (Å²) in [5.41, 5.74) is 10.3. The molecule has 0 radical (unpaired) electrons. The molecule has 12 heteroatoms. The molecule has 0 fully saturated rings. The lowest BCUT2D eigenvalue weighted by Gasteiger charge is -2.07. The van der Waals surface area contributed by atoms with Gasteiger partial charge in [0, 0.05) is 41.5 Å². The predicted octanol–water partition coefficient (Wildman–Crippen LogP) is 4.68. The zero-order valence-corrected chi connectivity index (χ0v) is 21.4. The molecule has 0 aliphatic rings. The highest BCUT2D eigenvalue weighted by Crippen LogP contribution is 2.35. The minimum Gasteiger partial charge on any atom is -0.397 e. The average molecular weight is 546 g/mol. The molecule has 0 amide bonds. The molecule has 39 heavy (non-hydrogen) atoms. The van der Waals surface area contributed by atoms with Gasteiger partial charge < -0.3 is 10.7 Å². The number of nitrogens with two attached hydrogens (primary N) is 1. The summed E-state index contributed by atoms with van der Waals surface area (Å²) in [6.07, 6.45) is 5.87. The third kappa shape index (κ3) is 4.70. The summed E-state index contributed by atoms with van der Waals surface area (Å²) in [7, 11) is -3.21. The molecule has 0 atom stereocenters. The minimum atomic E-state index is -3.21. The van der Waals surface area contributed by atoms with Crippen molar-refractivity contribution in [3.8, 4) is 33.8 Å². The molecule has 6 aromatic rings. The number of halogens is 2. The van der Waals surface area contributed by atoms with E-state index in [1.54, 1.807) is 30.3 Å². The highest BCUT2D eigenvalue weighted by Gasteiger charge is 2.21. The summed E-state index contributed by atoms with van der Waals surface area (Å²) in [4.78, 5) is 16.1. The number of hydrogen-bond acceptors (Lipinski definition) is 7. The molecule has 4 N–H and O–H groups in total. The normalized spacial score (nSPS) is 12.0. The Morgan fingerprint density at radius 3 is 2.64 bits per heavy atom. The van der Waals surface area contributed by atoms with E-state index < -0.39 is 21.5 Å². The highest BCUT2D eigenvalue weighted by molar-refractivity contribution is 7.90. The number of benzene rings is 2. The summed E-state index contributed by atoms with van der Waals surface area (Å²) < 4.78 is 53.6. The van der Waals surface area contributed by atoms with E-state index in [0.29, 0.717) is 50.2 Å². The van der Waals surface area contributed by atoms with Gasteiger partial charge in [0.15, 0.2) is 11.5 Å². The molecule has 4 heterocycles. The molecule has 0 saturated heterocycles. The number of nitrogens with zero attached hydrogens (tertiary/aromatic N) is 4. The van der Waals surface area contributed by atoms with E-state index in [2.05, 4.69) is 30.1 Å². The first-order valence-electron chi connectivity index (χ1n) is 11.9. The SMILES string of the molecule is CS(=O)(=O)CCc1cc(F)cc(-c2ccnc3nc(-c4n[nH]c5ccc(-c6cncc(N)c6)c(F)c45)[nH]c23)c1. The Bertz CT molecular complexity index is 2000. The monoisotopic (exact) mass is 545 g/mol. The average Bonchev–Trinajstić information content (AvgIpc) is 3.51. The third-order valence-electron chi connectivity index (χ3n) is 6.38. The van der Waals surface area contributed by atoms with Crippen LogP contribution in [0.3, 0.4) is 0 Å². The maximum absolute atomic E-state index is 15.8. The van der Waals surface area contributed by atoms with Crippen molar-refractivity contribution in [1.29, 1.82) is 0 Å².